The molecule has 0 amide bonds. The molecule has 1 aliphatic carbocycles. The van der Waals surface area contributed by atoms with Crippen LogP contribution < -0.4 is 44.0 Å². The highest BCUT2D eigenvalue weighted by Gasteiger charge is 2.54. The molecule has 0 radical (unpaired) electrons. The molecule has 0 saturated heterocycles. The maximum absolute atomic E-state index is 6.45. The Morgan fingerprint density at radius 3 is 0.935 bits per heavy atom. The van der Waals surface area contributed by atoms with E-state index < -0.39 is 8.07 Å². The first-order valence-corrected chi connectivity index (χ1v) is 17.8. The SMILES string of the molecule is COc1c(C)cc([Si](C2=C(C)C(C)=C(C)C2C)(c2cc(C)c(OC)c(C)c2OC)c2cc(C)c(OC)c(C)c2OC)c(OC)c1C. The molecular formula is C39H52O6Si. The zero-order valence-electron chi connectivity index (χ0n) is 30.8. The molecule has 248 valence electrons. The van der Waals surface area contributed by atoms with Gasteiger partial charge in [0.15, 0.2) is 8.07 Å². The zero-order chi connectivity index (χ0) is 34.4. The van der Waals surface area contributed by atoms with Crippen LogP contribution in [0.15, 0.2) is 40.1 Å². The predicted molar refractivity (Wildman–Crippen MR) is 192 cm³/mol. The fourth-order valence-electron chi connectivity index (χ4n) is 8.25. The number of aryl methyl sites for hydroxylation is 3. The second kappa shape index (κ2) is 13.1. The minimum atomic E-state index is -3.40. The molecule has 6 nitrogen and oxygen atoms in total. The van der Waals surface area contributed by atoms with Crippen molar-refractivity contribution in [1.29, 1.82) is 0 Å². The number of hydrogen-bond donors (Lipinski definition) is 0. The number of hydrogen-bond acceptors (Lipinski definition) is 6. The van der Waals surface area contributed by atoms with E-state index >= 15 is 0 Å². The highest BCUT2D eigenvalue weighted by Crippen LogP contribution is 2.47. The lowest BCUT2D eigenvalue weighted by atomic mass is 10.1. The molecule has 0 heterocycles. The molecule has 4 rings (SSSR count). The minimum Gasteiger partial charge on any atom is -0.496 e. The lowest BCUT2D eigenvalue weighted by molar-refractivity contribution is 0.387. The summed E-state index contributed by atoms with van der Waals surface area (Å²) in [6.45, 7) is 21.7. The van der Waals surface area contributed by atoms with Gasteiger partial charge in [-0.25, -0.2) is 0 Å². The van der Waals surface area contributed by atoms with Crippen molar-refractivity contribution in [2.75, 3.05) is 42.7 Å². The van der Waals surface area contributed by atoms with Gasteiger partial charge in [-0.3, -0.25) is 0 Å². The molecule has 3 aromatic rings. The average molecular weight is 645 g/mol. The van der Waals surface area contributed by atoms with E-state index in [2.05, 4.69) is 87.4 Å². The van der Waals surface area contributed by atoms with Crippen LogP contribution in [0.2, 0.25) is 0 Å². The standard InChI is InChI=1S/C39H52O6Si/c1-20-17-30(36(43-14)27(8)33(20)40-11)46(39-25(6)23(4)24(5)26(39)7,31-18-21(2)34(41-12)28(9)37(31)44-15)32-19-22(3)35(42-13)29(10)38(32)45-16/h17-19,25H,1-16H3. The molecule has 7 heteroatoms. The fourth-order valence-corrected chi connectivity index (χ4v) is 14.8. The molecule has 0 aromatic heterocycles. The first-order valence-electron chi connectivity index (χ1n) is 15.8. The van der Waals surface area contributed by atoms with Crippen LogP contribution in [0.4, 0.5) is 0 Å². The van der Waals surface area contributed by atoms with Gasteiger partial charge in [-0.1, -0.05) is 41.5 Å². The van der Waals surface area contributed by atoms with Crippen molar-refractivity contribution in [2.45, 2.75) is 69.2 Å². The Morgan fingerprint density at radius 2 is 0.717 bits per heavy atom. The third-order valence-corrected chi connectivity index (χ3v) is 15.6. The number of ether oxygens (including phenoxy) is 6. The van der Waals surface area contributed by atoms with Gasteiger partial charge in [0, 0.05) is 16.7 Å². The van der Waals surface area contributed by atoms with Gasteiger partial charge in [-0.05, 0) is 106 Å². The summed E-state index contributed by atoms with van der Waals surface area (Å²) in [5.41, 5.74) is 10.00. The van der Waals surface area contributed by atoms with Gasteiger partial charge in [0.1, 0.15) is 34.5 Å². The number of methoxy groups -OCH3 is 6. The van der Waals surface area contributed by atoms with Crippen molar-refractivity contribution in [3.05, 3.63) is 73.5 Å². The molecule has 1 aliphatic rings. The third-order valence-electron chi connectivity index (χ3n) is 10.4. The van der Waals surface area contributed by atoms with Gasteiger partial charge in [-0.2, -0.15) is 0 Å². The van der Waals surface area contributed by atoms with E-state index in [0.717, 1.165) is 83.4 Å². The number of rotatable bonds is 10. The third kappa shape index (κ3) is 4.89. The van der Waals surface area contributed by atoms with Crippen LogP contribution in [0.1, 0.15) is 61.1 Å². The highest BCUT2D eigenvalue weighted by molar-refractivity contribution is 7.17. The Bertz CT molecular complexity index is 1600. The summed E-state index contributed by atoms with van der Waals surface area (Å²) in [5, 5.41) is 4.76. The summed E-state index contributed by atoms with van der Waals surface area (Å²) in [5.74, 6) is 5.05. The van der Waals surface area contributed by atoms with Gasteiger partial charge < -0.3 is 28.4 Å². The first kappa shape index (κ1) is 35.0. The zero-order valence-corrected chi connectivity index (χ0v) is 31.8. The Hall–Kier alpha value is -3.84. The van der Waals surface area contributed by atoms with Crippen LogP contribution in [0, 0.1) is 47.5 Å². The normalized spacial score (nSPS) is 15.0. The van der Waals surface area contributed by atoms with E-state index in [1.807, 2.05) is 0 Å². The molecular weight excluding hydrogens is 593 g/mol. The van der Waals surface area contributed by atoms with Gasteiger partial charge >= 0.3 is 0 Å². The van der Waals surface area contributed by atoms with Crippen LogP contribution in [0.3, 0.4) is 0 Å². The van der Waals surface area contributed by atoms with E-state index in [0.29, 0.717) is 0 Å². The summed E-state index contributed by atoms with van der Waals surface area (Å²) in [6.07, 6.45) is 0. The van der Waals surface area contributed by atoms with Gasteiger partial charge in [0.25, 0.3) is 0 Å². The molecule has 0 saturated carbocycles. The predicted octanol–water partition coefficient (Wildman–Crippen LogP) is 6.90. The molecule has 0 spiro atoms. The first-order chi connectivity index (χ1) is 21.7. The number of benzene rings is 3. The van der Waals surface area contributed by atoms with Crippen molar-refractivity contribution in [3.8, 4) is 34.5 Å². The summed E-state index contributed by atoms with van der Waals surface area (Å²) in [7, 11) is 7.05. The van der Waals surface area contributed by atoms with Gasteiger partial charge in [0.2, 0.25) is 0 Å². The monoisotopic (exact) mass is 644 g/mol. The lowest BCUT2D eigenvalue weighted by Crippen LogP contribution is -2.70. The molecule has 0 fully saturated rings. The molecule has 1 atom stereocenters. The molecule has 1 unspecified atom stereocenters. The summed E-state index contributed by atoms with van der Waals surface area (Å²) in [6, 6.07) is 6.86. The van der Waals surface area contributed by atoms with Crippen molar-refractivity contribution in [1.82, 2.24) is 0 Å². The smallest absolute Gasteiger partial charge is 0.189 e. The average Bonchev–Trinajstić information content (AvgIpc) is 3.20. The van der Waals surface area contributed by atoms with E-state index in [9.17, 15) is 0 Å². The lowest BCUT2D eigenvalue weighted by Gasteiger charge is -2.42. The van der Waals surface area contributed by atoms with Crippen molar-refractivity contribution in [3.63, 3.8) is 0 Å². The summed E-state index contributed by atoms with van der Waals surface area (Å²) >= 11 is 0. The van der Waals surface area contributed by atoms with Crippen molar-refractivity contribution < 1.29 is 28.4 Å². The molecule has 46 heavy (non-hydrogen) atoms. The largest absolute Gasteiger partial charge is 0.496 e. The molecule has 0 bridgehead atoms. The summed E-state index contributed by atoms with van der Waals surface area (Å²) < 4.78 is 37.2. The second-order valence-corrected chi connectivity index (χ2v) is 16.3. The Kier molecular flexibility index (Phi) is 9.98. The quantitative estimate of drug-likeness (QED) is 0.177. The van der Waals surface area contributed by atoms with Gasteiger partial charge in [-0.15, -0.1) is 0 Å². The van der Waals surface area contributed by atoms with E-state index in [1.54, 1.807) is 42.7 Å². The van der Waals surface area contributed by atoms with Crippen LogP contribution in [-0.4, -0.2) is 50.7 Å². The molecule has 0 N–H and O–H groups in total. The molecule has 0 aliphatic heterocycles. The second-order valence-electron chi connectivity index (χ2n) is 12.6. The van der Waals surface area contributed by atoms with E-state index in [4.69, 9.17) is 28.4 Å². The Labute approximate surface area is 277 Å². The fraction of sp³-hybridized carbons (Fsp3) is 0.436. The Balaban J connectivity index is 2.53. The minimum absolute atomic E-state index is 0.152. The highest BCUT2D eigenvalue weighted by atomic mass is 28.3. The molecule has 3 aromatic carbocycles. The maximum Gasteiger partial charge on any atom is 0.189 e. The van der Waals surface area contributed by atoms with Crippen LogP contribution in [-0.2, 0) is 0 Å². The van der Waals surface area contributed by atoms with Crippen molar-refractivity contribution >= 4 is 23.6 Å². The van der Waals surface area contributed by atoms with Crippen molar-refractivity contribution in [2.24, 2.45) is 5.92 Å². The van der Waals surface area contributed by atoms with Crippen LogP contribution >= 0.6 is 0 Å². The maximum atomic E-state index is 6.45. The van der Waals surface area contributed by atoms with E-state index in [-0.39, 0.29) is 5.92 Å². The van der Waals surface area contributed by atoms with Crippen LogP contribution in [0.25, 0.3) is 0 Å². The van der Waals surface area contributed by atoms with Gasteiger partial charge in [0.05, 0.1) is 42.7 Å². The topological polar surface area (TPSA) is 55.4 Å². The number of allylic oxidation sites excluding steroid dienone is 4. The Morgan fingerprint density at radius 1 is 0.435 bits per heavy atom. The van der Waals surface area contributed by atoms with Crippen LogP contribution in [0.5, 0.6) is 34.5 Å². The summed E-state index contributed by atoms with van der Waals surface area (Å²) in [4.78, 5) is 0. The van der Waals surface area contributed by atoms with E-state index in [1.165, 1.54) is 21.9 Å².